The molecule has 3 rings (SSSR count). The Morgan fingerprint density at radius 1 is 1.30 bits per heavy atom. The van der Waals surface area contributed by atoms with E-state index in [-0.39, 0.29) is 28.8 Å². The molecule has 2 saturated heterocycles. The first-order chi connectivity index (χ1) is 11.1. The van der Waals surface area contributed by atoms with Crippen LogP contribution in [0.2, 0.25) is 0 Å². The van der Waals surface area contributed by atoms with Crippen LogP contribution >= 0.6 is 23.3 Å². The van der Waals surface area contributed by atoms with Crippen LogP contribution in [0.1, 0.15) is 41.6 Å². The Hall–Kier alpha value is -1.48. The molecule has 3 heterocycles. The third-order valence-electron chi connectivity index (χ3n) is 4.14. The van der Waals surface area contributed by atoms with Crippen LogP contribution in [-0.4, -0.2) is 61.3 Å². The number of rotatable bonds is 4. The van der Waals surface area contributed by atoms with Gasteiger partial charge in [-0.3, -0.25) is 19.3 Å². The number of carbonyl (C=O) groups excluding carboxylic acids is 3. The third kappa shape index (κ3) is 3.25. The Morgan fingerprint density at radius 3 is 2.65 bits per heavy atom. The normalized spacial score (nSPS) is 19.7. The highest BCUT2D eigenvalue weighted by atomic mass is 32.2. The van der Waals surface area contributed by atoms with Crippen molar-refractivity contribution in [3.05, 3.63) is 10.6 Å². The molecule has 0 bridgehead atoms. The number of hydrogen-bond donors (Lipinski definition) is 0. The van der Waals surface area contributed by atoms with Gasteiger partial charge in [-0.1, -0.05) is 29.6 Å². The molecule has 3 amide bonds. The van der Waals surface area contributed by atoms with Gasteiger partial charge in [0.1, 0.15) is 4.88 Å². The Kier molecular flexibility index (Phi) is 4.96. The zero-order valence-corrected chi connectivity index (χ0v) is 14.5. The number of amides is 3. The average Bonchev–Trinajstić information content (AvgIpc) is 3.14. The number of aryl methyl sites for hydroxylation is 1. The van der Waals surface area contributed by atoms with Gasteiger partial charge in [0.05, 0.1) is 11.4 Å². The molecule has 0 aromatic carbocycles. The molecule has 0 N–H and O–H groups in total. The van der Waals surface area contributed by atoms with E-state index in [0.717, 1.165) is 41.8 Å². The Bertz CT molecular complexity index is 609. The van der Waals surface area contributed by atoms with Crippen LogP contribution in [0.25, 0.3) is 0 Å². The summed E-state index contributed by atoms with van der Waals surface area (Å²) >= 11 is 2.21. The summed E-state index contributed by atoms with van der Waals surface area (Å²) in [5, 5.41) is 3.88. The van der Waals surface area contributed by atoms with Crippen molar-refractivity contribution in [3.8, 4) is 0 Å². The highest BCUT2D eigenvalue weighted by Crippen LogP contribution is 2.27. The maximum absolute atomic E-state index is 12.6. The van der Waals surface area contributed by atoms with Crippen molar-refractivity contribution in [1.29, 1.82) is 0 Å². The van der Waals surface area contributed by atoms with Gasteiger partial charge in [-0.05, 0) is 30.8 Å². The van der Waals surface area contributed by atoms with Gasteiger partial charge in [0.2, 0.25) is 5.91 Å². The van der Waals surface area contributed by atoms with E-state index in [1.807, 2.05) is 6.92 Å². The summed E-state index contributed by atoms with van der Waals surface area (Å²) in [6.45, 7) is 3.14. The molecule has 0 saturated carbocycles. The second kappa shape index (κ2) is 6.96. The van der Waals surface area contributed by atoms with Gasteiger partial charge in [-0.2, -0.15) is 0 Å². The predicted octanol–water partition coefficient (Wildman–Crippen LogP) is 1.79. The van der Waals surface area contributed by atoms with Crippen molar-refractivity contribution >= 4 is 40.3 Å². The summed E-state index contributed by atoms with van der Waals surface area (Å²) in [4.78, 5) is 40.0. The van der Waals surface area contributed by atoms with Crippen LogP contribution in [-0.2, 0) is 11.2 Å². The van der Waals surface area contributed by atoms with Crippen LogP contribution in [0.3, 0.4) is 0 Å². The van der Waals surface area contributed by atoms with Gasteiger partial charge in [0.25, 0.3) is 11.1 Å². The molecule has 7 nitrogen and oxygen atoms in total. The third-order valence-corrected chi connectivity index (χ3v) is 5.73. The number of carbonyl (C=O) groups is 3. The van der Waals surface area contributed by atoms with Gasteiger partial charge >= 0.3 is 0 Å². The largest absolute Gasteiger partial charge is 0.338 e. The van der Waals surface area contributed by atoms with E-state index in [4.69, 9.17) is 0 Å². The van der Waals surface area contributed by atoms with Crippen LogP contribution in [0, 0.1) is 0 Å². The van der Waals surface area contributed by atoms with Gasteiger partial charge in [0.15, 0.2) is 0 Å². The molecule has 0 spiro atoms. The summed E-state index contributed by atoms with van der Waals surface area (Å²) in [6, 6.07) is -0.0799. The monoisotopic (exact) mass is 354 g/mol. The predicted molar refractivity (Wildman–Crippen MR) is 87.5 cm³/mol. The van der Waals surface area contributed by atoms with Crippen LogP contribution in [0.4, 0.5) is 4.79 Å². The van der Waals surface area contributed by atoms with Crippen LogP contribution in [0.15, 0.2) is 0 Å². The smallest absolute Gasteiger partial charge is 0.289 e. The minimum absolute atomic E-state index is 0.0321. The molecule has 23 heavy (non-hydrogen) atoms. The van der Waals surface area contributed by atoms with E-state index in [1.54, 1.807) is 4.90 Å². The lowest BCUT2D eigenvalue weighted by molar-refractivity contribution is -0.126. The second-order valence-corrected chi connectivity index (χ2v) is 7.32. The van der Waals surface area contributed by atoms with E-state index < -0.39 is 0 Å². The number of aromatic nitrogens is 2. The first-order valence-corrected chi connectivity index (χ1v) is 9.47. The molecule has 2 aliphatic heterocycles. The van der Waals surface area contributed by atoms with E-state index in [2.05, 4.69) is 9.59 Å². The lowest BCUT2D eigenvalue weighted by atomic mass is 10.0. The molecule has 0 aliphatic carbocycles. The molecule has 0 radical (unpaired) electrons. The quantitative estimate of drug-likeness (QED) is 0.820. The zero-order valence-electron chi connectivity index (χ0n) is 12.9. The SMILES string of the molecule is CCCc1nnsc1C(=O)N1CCC(N2C(=O)CSC2=O)CC1. The van der Waals surface area contributed by atoms with Crippen molar-refractivity contribution in [3.63, 3.8) is 0 Å². The minimum Gasteiger partial charge on any atom is -0.338 e. The minimum atomic E-state index is -0.156. The molecule has 1 aromatic rings. The lowest BCUT2D eigenvalue weighted by Gasteiger charge is -2.35. The standard InChI is InChI=1S/C14H18N4O3S2/c1-2-3-10-12(23-16-15-10)13(20)17-6-4-9(5-7-17)18-11(19)8-22-14(18)21/h9H,2-8H2,1H3. The van der Waals surface area contributed by atoms with Crippen LogP contribution < -0.4 is 0 Å². The van der Waals surface area contributed by atoms with Crippen molar-refractivity contribution in [1.82, 2.24) is 19.4 Å². The number of hydrogen-bond acceptors (Lipinski definition) is 7. The summed E-state index contributed by atoms with van der Waals surface area (Å²) in [7, 11) is 0. The molecular weight excluding hydrogens is 336 g/mol. The number of likely N-dealkylation sites (tertiary alicyclic amines) is 1. The fourth-order valence-corrected chi connectivity index (χ4v) is 4.41. The maximum Gasteiger partial charge on any atom is 0.289 e. The van der Waals surface area contributed by atoms with Gasteiger partial charge in [0, 0.05) is 19.1 Å². The Labute approximate surface area is 142 Å². The molecule has 1 aromatic heterocycles. The number of imide groups is 1. The Balaban J connectivity index is 1.62. The van der Waals surface area contributed by atoms with Gasteiger partial charge in [-0.25, -0.2) is 0 Å². The average molecular weight is 354 g/mol. The molecule has 2 fully saturated rings. The number of thioether (sulfide) groups is 1. The summed E-state index contributed by atoms with van der Waals surface area (Å²) in [5.74, 6) is 0.0993. The fourth-order valence-electron chi connectivity index (χ4n) is 2.96. The highest BCUT2D eigenvalue weighted by molar-refractivity contribution is 8.14. The summed E-state index contributed by atoms with van der Waals surface area (Å²) < 4.78 is 3.90. The first kappa shape index (κ1) is 16.4. The molecule has 124 valence electrons. The van der Waals surface area contributed by atoms with E-state index >= 15 is 0 Å². The number of piperidine rings is 1. The van der Waals surface area contributed by atoms with Gasteiger partial charge in [-0.15, -0.1) is 5.10 Å². The van der Waals surface area contributed by atoms with Gasteiger partial charge < -0.3 is 4.90 Å². The maximum atomic E-state index is 12.6. The van der Waals surface area contributed by atoms with Crippen molar-refractivity contribution in [2.75, 3.05) is 18.8 Å². The topological polar surface area (TPSA) is 83.5 Å². The van der Waals surface area contributed by atoms with Crippen molar-refractivity contribution in [2.45, 2.75) is 38.6 Å². The van der Waals surface area contributed by atoms with Crippen molar-refractivity contribution < 1.29 is 14.4 Å². The summed E-state index contributed by atoms with van der Waals surface area (Å²) in [5.41, 5.74) is 0.769. The molecule has 0 atom stereocenters. The molecule has 9 heteroatoms. The lowest BCUT2D eigenvalue weighted by Crippen LogP contribution is -2.48. The fraction of sp³-hybridized carbons (Fsp3) is 0.643. The highest BCUT2D eigenvalue weighted by Gasteiger charge is 2.38. The van der Waals surface area contributed by atoms with Crippen LogP contribution in [0.5, 0.6) is 0 Å². The summed E-state index contributed by atoms with van der Waals surface area (Å²) in [6.07, 6.45) is 2.95. The molecule has 0 unspecified atom stereocenters. The molecular formula is C14H18N4O3S2. The second-order valence-electron chi connectivity index (χ2n) is 5.64. The van der Waals surface area contributed by atoms with E-state index in [1.165, 1.54) is 4.90 Å². The van der Waals surface area contributed by atoms with E-state index in [0.29, 0.717) is 30.8 Å². The van der Waals surface area contributed by atoms with E-state index in [9.17, 15) is 14.4 Å². The Morgan fingerprint density at radius 2 is 2.04 bits per heavy atom. The zero-order chi connectivity index (χ0) is 16.4. The molecule has 2 aliphatic rings. The van der Waals surface area contributed by atoms with Crippen molar-refractivity contribution in [2.24, 2.45) is 0 Å². The number of nitrogens with zero attached hydrogens (tertiary/aromatic N) is 4. The first-order valence-electron chi connectivity index (χ1n) is 7.71.